The van der Waals surface area contributed by atoms with Crippen LogP contribution in [0.15, 0.2) is 0 Å². The third kappa shape index (κ3) is 85.5. The second kappa shape index (κ2) is 59.8. The van der Waals surface area contributed by atoms with Crippen molar-refractivity contribution in [3.8, 4) is 0 Å². The molecule has 1 atom stereocenters. The van der Waals surface area contributed by atoms with E-state index in [1.807, 2.05) is 41.5 Å². The van der Waals surface area contributed by atoms with Gasteiger partial charge in [0.25, 0.3) is 0 Å². The highest BCUT2D eigenvalue weighted by atomic mass is 16.5. The van der Waals surface area contributed by atoms with Gasteiger partial charge < -0.3 is 34.7 Å². The lowest BCUT2D eigenvalue weighted by Gasteiger charge is -2.06. The first-order valence-electron chi connectivity index (χ1n) is 16.7. The lowest BCUT2D eigenvalue weighted by Crippen LogP contribution is -2.23. The maximum absolute atomic E-state index is 10.5. The molecule has 0 fully saturated rings. The fourth-order valence-electron chi connectivity index (χ4n) is 2.37. The Morgan fingerprint density at radius 1 is 0.698 bits per heavy atom. The van der Waals surface area contributed by atoms with E-state index in [9.17, 15) is 9.90 Å². The molecule has 43 heavy (non-hydrogen) atoms. The fraction of sp³-hybridized carbons (Fsp3) is 0.939. The first-order chi connectivity index (χ1) is 20.7. The monoisotopic (exact) mass is 627 g/mol. The summed E-state index contributed by atoms with van der Waals surface area (Å²) in [5, 5.41) is 14.9. The highest BCUT2D eigenvalue weighted by Crippen LogP contribution is 2.04. The van der Waals surface area contributed by atoms with Crippen LogP contribution in [0, 0.1) is 5.92 Å². The molecule has 10 heteroatoms. The molecular weight excluding hydrogens is 552 g/mol. The van der Waals surface area contributed by atoms with Crippen LogP contribution in [0.3, 0.4) is 0 Å². The second-order valence-corrected chi connectivity index (χ2v) is 9.17. The van der Waals surface area contributed by atoms with Crippen LogP contribution in [0.25, 0.3) is 0 Å². The molecule has 0 radical (unpaired) electrons. The SMILES string of the molecule is CCC(C)CC.CCCOC(=O)NCC.CCCOCC.CCNCCOCC.CCOCCCCC(O)CC.O=C=O. The number of likely N-dealkylation sites (N-methyl/N-ethyl adjacent to an activating group) is 1. The van der Waals surface area contributed by atoms with E-state index in [1.54, 1.807) is 0 Å². The van der Waals surface area contributed by atoms with Crippen molar-refractivity contribution in [1.29, 1.82) is 0 Å². The molecule has 0 rings (SSSR count). The van der Waals surface area contributed by atoms with Crippen molar-refractivity contribution < 1.29 is 38.4 Å². The third-order valence-corrected chi connectivity index (χ3v) is 5.33. The average Bonchev–Trinajstić information content (AvgIpc) is 3.02. The number of alkyl carbamates (subject to hydrolysis) is 1. The Morgan fingerprint density at radius 3 is 1.53 bits per heavy atom. The minimum Gasteiger partial charge on any atom is -0.450 e. The van der Waals surface area contributed by atoms with Crippen molar-refractivity contribution in [2.75, 3.05) is 65.9 Å². The Kier molecular flexibility index (Phi) is 75.0. The molecule has 0 aliphatic heterocycles. The van der Waals surface area contributed by atoms with Crippen LogP contribution in [0.2, 0.25) is 0 Å². The molecule has 1 unspecified atom stereocenters. The quantitative estimate of drug-likeness (QED) is 0.122. The van der Waals surface area contributed by atoms with Crippen molar-refractivity contribution in [1.82, 2.24) is 10.6 Å². The number of nitrogens with one attached hydrogen (secondary N) is 2. The predicted molar refractivity (Wildman–Crippen MR) is 179 cm³/mol. The summed E-state index contributed by atoms with van der Waals surface area (Å²) >= 11 is 0. The molecule has 0 aromatic carbocycles. The van der Waals surface area contributed by atoms with Gasteiger partial charge in [-0.3, -0.25) is 0 Å². The molecular formula is C33H74N2O8. The molecule has 10 nitrogen and oxygen atoms in total. The van der Waals surface area contributed by atoms with Crippen molar-refractivity contribution >= 4 is 12.2 Å². The number of carbonyl (C=O) groups excluding carboxylic acids is 3. The van der Waals surface area contributed by atoms with Crippen LogP contribution < -0.4 is 10.6 Å². The van der Waals surface area contributed by atoms with Gasteiger partial charge in [-0.25, -0.2) is 4.79 Å². The smallest absolute Gasteiger partial charge is 0.407 e. The van der Waals surface area contributed by atoms with E-state index in [-0.39, 0.29) is 18.3 Å². The van der Waals surface area contributed by atoms with Crippen LogP contribution in [0.1, 0.15) is 128 Å². The molecule has 0 saturated heterocycles. The molecule has 0 heterocycles. The summed E-state index contributed by atoms with van der Waals surface area (Å²) in [6, 6.07) is 0. The normalized spacial score (nSPS) is 9.88. The highest BCUT2D eigenvalue weighted by Gasteiger charge is 1.98. The standard InChI is InChI=1S/C9H20O2.C6H13NO2.C6H15NO.C6H14.C5H12O.CO2/c1-3-9(10)7-5-6-8-11-4-2;1-3-5-9-6(8)7-4-2;1-3-7-5-6-8-4-2;1-4-6(3)5-2;1-3-5-6-4-2;2-1-3/h9-10H,3-8H2,1-2H3;3-5H2,1-2H3,(H,7,8);7H,3-6H2,1-2H3;6H,4-5H2,1-3H3;3-5H2,1-2H3;. The van der Waals surface area contributed by atoms with Crippen LogP contribution in [0.5, 0.6) is 0 Å². The number of hydrogen-bond donors (Lipinski definition) is 3. The van der Waals surface area contributed by atoms with Crippen LogP contribution in [0.4, 0.5) is 4.79 Å². The zero-order chi connectivity index (χ0) is 34.4. The molecule has 1 amide bonds. The lowest BCUT2D eigenvalue weighted by atomic mass is 10.1. The number of aliphatic hydroxyl groups excluding tert-OH is 1. The maximum atomic E-state index is 10.5. The number of amides is 1. The van der Waals surface area contributed by atoms with E-state index in [4.69, 9.17) is 23.8 Å². The Bertz CT molecular complexity index is 466. The zero-order valence-electron chi connectivity index (χ0n) is 30.2. The van der Waals surface area contributed by atoms with E-state index < -0.39 is 0 Å². The van der Waals surface area contributed by atoms with Crippen LogP contribution in [-0.2, 0) is 28.5 Å². The minimum atomic E-state index is -0.320. The van der Waals surface area contributed by atoms with Gasteiger partial charge in [-0.2, -0.15) is 9.59 Å². The number of carbonyl (C=O) groups is 1. The van der Waals surface area contributed by atoms with Crippen LogP contribution in [-0.4, -0.2) is 89.3 Å². The summed E-state index contributed by atoms with van der Waals surface area (Å²) in [4.78, 5) is 26.7. The van der Waals surface area contributed by atoms with E-state index in [0.29, 0.717) is 13.2 Å². The van der Waals surface area contributed by atoms with Gasteiger partial charge in [0.2, 0.25) is 0 Å². The molecule has 0 spiro atoms. The van der Waals surface area contributed by atoms with Gasteiger partial charge in [0.15, 0.2) is 0 Å². The van der Waals surface area contributed by atoms with Gasteiger partial charge in [0.05, 0.1) is 19.3 Å². The number of ether oxygens (including phenoxy) is 4. The molecule has 264 valence electrons. The van der Waals surface area contributed by atoms with E-state index >= 15 is 0 Å². The number of rotatable bonds is 20. The maximum Gasteiger partial charge on any atom is 0.407 e. The molecule has 0 aromatic heterocycles. The summed E-state index contributed by atoms with van der Waals surface area (Å²) in [5.74, 6) is 0.935. The molecule has 0 aliphatic carbocycles. The van der Waals surface area contributed by atoms with Gasteiger partial charge >= 0.3 is 12.2 Å². The largest absolute Gasteiger partial charge is 0.450 e. The molecule has 0 aliphatic rings. The third-order valence-electron chi connectivity index (χ3n) is 5.33. The first-order valence-corrected chi connectivity index (χ1v) is 16.7. The van der Waals surface area contributed by atoms with Gasteiger partial charge in [0.1, 0.15) is 0 Å². The number of unbranched alkanes of at least 4 members (excludes halogenated alkanes) is 1. The van der Waals surface area contributed by atoms with Crippen molar-refractivity contribution in [2.24, 2.45) is 5.92 Å². The Morgan fingerprint density at radius 2 is 1.19 bits per heavy atom. The Balaban J connectivity index is -0.0000000988. The molecule has 0 aromatic rings. The topological polar surface area (TPSA) is 132 Å². The van der Waals surface area contributed by atoms with Crippen molar-refractivity contribution in [2.45, 2.75) is 134 Å². The van der Waals surface area contributed by atoms with Gasteiger partial charge in [-0.1, -0.05) is 61.3 Å². The summed E-state index contributed by atoms with van der Waals surface area (Å²) in [6.45, 7) is 31.0. The zero-order valence-corrected chi connectivity index (χ0v) is 30.2. The molecule has 0 bridgehead atoms. The second-order valence-electron chi connectivity index (χ2n) is 9.17. The number of hydrogen-bond acceptors (Lipinski definition) is 9. The fourth-order valence-corrected chi connectivity index (χ4v) is 2.37. The molecule has 0 saturated carbocycles. The average molecular weight is 627 g/mol. The van der Waals surface area contributed by atoms with Gasteiger partial charge in [0, 0.05) is 46.1 Å². The summed E-state index contributed by atoms with van der Waals surface area (Å²) in [7, 11) is 0. The van der Waals surface area contributed by atoms with E-state index in [0.717, 1.165) is 97.2 Å². The Labute approximate surface area is 266 Å². The van der Waals surface area contributed by atoms with Gasteiger partial charge in [-0.15, -0.1) is 0 Å². The molecule has 3 N–H and O–H groups in total. The van der Waals surface area contributed by atoms with E-state index in [1.165, 1.54) is 12.8 Å². The number of aliphatic hydroxyl groups is 1. The first kappa shape index (κ1) is 54.0. The van der Waals surface area contributed by atoms with E-state index in [2.05, 4.69) is 50.0 Å². The summed E-state index contributed by atoms with van der Waals surface area (Å²) in [5.41, 5.74) is 0. The van der Waals surface area contributed by atoms with Crippen molar-refractivity contribution in [3.05, 3.63) is 0 Å². The highest BCUT2D eigenvalue weighted by molar-refractivity contribution is 5.66. The van der Waals surface area contributed by atoms with Gasteiger partial charge in [-0.05, 0) is 78.7 Å². The van der Waals surface area contributed by atoms with Crippen LogP contribution >= 0.6 is 0 Å². The summed E-state index contributed by atoms with van der Waals surface area (Å²) in [6.07, 6.45) is 8.44. The van der Waals surface area contributed by atoms with Crippen molar-refractivity contribution in [3.63, 3.8) is 0 Å². The summed E-state index contributed by atoms with van der Waals surface area (Å²) < 4.78 is 19.9. The lowest BCUT2D eigenvalue weighted by molar-refractivity contribution is -0.191. The minimum absolute atomic E-state index is 0.100. The Hall–Kier alpha value is -1.55. The predicted octanol–water partition coefficient (Wildman–Crippen LogP) is 7.03.